The van der Waals surface area contributed by atoms with Gasteiger partial charge in [0.05, 0.1) is 5.52 Å². The lowest BCUT2D eigenvalue weighted by molar-refractivity contribution is 0.578. The van der Waals surface area contributed by atoms with Gasteiger partial charge in [0.1, 0.15) is 11.3 Å². The molecule has 25 heavy (non-hydrogen) atoms. The Morgan fingerprint density at radius 1 is 0.960 bits per heavy atom. The number of hydrogen-bond donors (Lipinski definition) is 1. The molecule has 0 fully saturated rings. The molecule has 0 bridgehead atoms. The van der Waals surface area contributed by atoms with Gasteiger partial charge in [0.15, 0.2) is 0 Å². The first kappa shape index (κ1) is 14.1. The van der Waals surface area contributed by atoms with Gasteiger partial charge in [-0.2, -0.15) is 0 Å². The number of nitrogens with one attached hydrogen (secondary N) is 1. The number of benzene rings is 3. The van der Waals surface area contributed by atoms with E-state index in [-0.39, 0.29) is 0 Å². The summed E-state index contributed by atoms with van der Waals surface area (Å²) in [4.78, 5) is 3.54. The first-order chi connectivity index (χ1) is 12.3. The number of hydrogen-bond acceptors (Lipinski definition) is 1. The smallest absolute Gasteiger partial charge is 0.137 e. The van der Waals surface area contributed by atoms with Crippen molar-refractivity contribution in [1.29, 1.82) is 0 Å². The van der Waals surface area contributed by atoms with Crippen molar-refractivity contribution in [3.8, 4) is 0 Å². The highest BCUT2D eigenvalue weighted by Crippen LogP contribution is 2.37. The van der Waals surface area contributed by atoms with Crippen LogP contribution in [0, 0.1) is 6.92 Å². The SMILES string of the molecule is C=C/C=C\c1c(C)oc2cc3[nH]c4ccc5ccccc5c4c3cc12. The summed E-state index contributed by atoms with van der Waals surface area (Å²) in [6.07, 6.45) is 5.80. The van der Waals surface area contributed by atoms with E-state index < -0.39 is 0 Å². The molecule has 0 radical (unpaired) electrons. The van der Waals surface area contributed by atoms with Crippen LogP contribution in [0.25, 0.3) is 49.6 Å². The molecule has 5 rings (SSSR count). The molecule has 2 aromatic heterocycles. The van der Waals surface area contributed by atoms with Crippen LogP contribution in [0.2, 0.25) is 0 Å². The van der Waals surface area contributed by atoms with Gasteiger partial charge in [0, 0.05) is 33.3 Å². The molecule has 0 spiro atoms. The fraction of sp³-hybridized carbons (Fsp3) is 0.0435. The molecule has 0 aliphatic heterocycles. The number of fused-ring (bicyclic) bond motifs is 6. The molecule has 2 heteroatoms. The molecule has 2 nitrogen and oxygen atoms in total. The van der Waals surface area contributed by atoms with Crippen LogP contribution in [0.3, 0.4) is 0 Å². The van der Waals surface area contributed by atoms with Gasteiger partial charge in [0.2, 0.25) is 0 Å². The van der Waals surface area contributed by atoms with Crippen molar-refractivity contribution in [2.24, 2.45) is 0 Å². The Hall–Kier alpha value is -3.26. The van der Waals surface area contributed by atoms with Crippen LogP contribution >= 0.6 is 0 Å². The minimum atomic E-state index is 0.907. The summed E-state index contributed by atoms with van der Waals surface area (Å²) in [7, 11) is 0. The van der Waals surface area contributed by atoms with E-state index in [9.17, 15) is 0 Å². The van der Waals surface area contributed by atoms with Gasteiger partial charge in [-0.05, 0) is 29.8 Å². The summed E-state index contributed by atoms with van der Waals surface area (Å²) >= 11 is 0. The van der Waals surface area contributed by atoms with E-state index >= 15 is 0 Å². The Labute approximate surface area is 145 Å². The predicted octanol–water partition coefficient (Wildman–Crippen LogP) is 6.73. The van der Waals surface area contributed by atoms with Crippen LogP contribution < -0.4 is 0 Å². The van der Waals surface area contributed by atoms with Crippen LogP contribution in [0.1, 0.15) is 11.3 Å². The molecule has 0 aliphatic rings. The van der Waals surface area contributed by atoms with Crippen molar-refractivity contribution in [3.63, 3.8) is 0 Å². The minimum absolute atomic E-state index is 0.907. The largest absolute Gasteiger partial charge is 0.461 e. The van der Waals surface area contributed by atoms with Crippen molar-refractivity contribution in [2.45, 2.75) is 6.92 Å². The lowest BCUT2D eigenvalue weighted by Crippen LogP contribution is -1.75. The molecule has 0 unspecified atom stereocenters. The number of aryl methyl sites for hydroxylation is 1. The zero-order chi connectivity index (χ0) is 17.0. The number of aromatic nitrogens is 1. The zero-order valence-corrected chi connectivity index (χ0v) is 14.0. The van der Waals surface area contributed by atoms with E-state index in [2.05, 4.69) is 66.2 Å². The number of H-pyrrole nitrogens is 1. The monoisotopic (exact) mass is 323 g/mol. The third-order valence-corrected chi connectivity index (χ3v) is 4.92. The van der Waals surface area contributed by atoms with Crippen molar-refractivity contribution in [3.05, 3.63) is 78.6 Å². The normalized spacial score (nSPS) is 12.2. The van der Waals surface area contributed by atoms with Crippen LogP contribution in [0.15, 0.2) is 71.7 Å². The second kappa shape index (κ2) is 5.12. The van der Waals surface area contributed by atoms with Gasteiger partial charge in [-0.15, -0.1) is 0 Å². The molecule has 2 heterocycles. The molecular weight excluding hydrogens is 306 g/mol. The summed E-state index contributed by atoms with van der Waals surface area (Å²) < 4.78 is 5.98. The Morgan fingerprint density at radius 2 is 1.84 bits per heavy atom. The van der Waals surface area contributed by atoms with E-state index in [1.807, 2.05) is 13.0 Å². The summed E-state index contributed by atoms with van der Waals surface area (Å²) in [6, 6.07) is 17.2. The van der Waals surface area contributed by atoms with Crippen LogP contribution in [0.5, 0.6) is 0 Å². The fourth-order valence-electron chi connectivity index (χ4n) is 3.78. The highest BCUT2D eigenvalue weighted by Gasteiger charge is 2.14. The number of rotatable bonds is 2. The fourth-order valence-corrected chi connectivity index (χ4v) is 3.78. The number of aromatic amines is 1. The second-order valence-corrected chi connectivity index (χ2v) is 6.39. The Kier molecular flexibility index (Phi) is 2.89. The highest BCUT2D eigenvalue weighted by atomic mass is 16.3. The zero-order valence-electron chi connectivity index (χ0n) is 14.0. The van der Waals surface area contributed by atoms with E-state index in [1.165, 1.54) is 21.5 Å². The summed E-state index contributed by atoms with van der Waals surface area (Å²) in [5.41, 5.74) is 4.28. The van der Waals surface area contributed by atoms with Gasteiger partial charge >= 0.3 is 0 Å². The molecule has 0 atom stereocenters. The molecule has 0 saturated heterocycles. The Balaban J connectivity index is 1.96. The molecule has 0 saturated carbocycles. The van der Waals surface area contributed by atoms with E-state index in [1.54, 1.807) is 6.08 Å². The molecule has 0 aliphatic carbocycles. The van der Waals surface area contributed by atoms with Crippen LogP contribution in [0.4, 0.5) is 0 Å². The third-order valence-electron chi connectivity index (χ3n) is 4.92. The first-order valence-corrected chi connectivity index (χ1v) is 8.41. The van der Waals surface area contributed by atoms with Gasteiger partial charge in [0.25, 0.3) is 0 Å². The lowest BCUT2D eigenvalue weighted by atomic mass is 10.0. The number of allylic oxidation sites excluding steroid dienone is 2. The predicted molar refractivity (Wildman–Crippen MR) is 107 cm³/mol. The van der Waals surface area contributed by atoms with Gasteiger partial charge in [-0.25, -0.2) is 0 Å². The van der Waals surface area contributed by atoms with E-state index in [0.717, 1.165) is 33.3 Å². The molecule has 1 N–H and O–H groups in total. The second-order valence-electron chi connectivity index (χ2n) is 6.39. The third kappa shape index (κ3) is 1.97. The molecule has 3 aromatic carbocycles. The maximum Gasteiger partial charge on any atom is 0.137 e. The summed E-state index contributed by atoms with van der Waals surface area (Å²) in [6.45, 7) is 5.77. The summed E-state index contributed by atoms with van der Waals surface area (Å²) in [5, 5.41) is 6.16. The Morgan fingerprint density at radius 3 is 2.72 bits per heavy atom. The molecule has 0 amide bonds. The average molecular weight is 323 g/mol. The van der Waals surface area contributed by atoms with Gasteiger partial charge in [-0.1, -0.05) is 55.1 Å². The summed E-state index contributed by atoms with van der Waals surface area (Å²) in [5.74, 6) is 0.926. The molecular formula is C23H17NO. The lowest BCUT2D eigenvalue weighted by Gasteiger charge is -2.00. The maximum absolute atomic E-state index is 5.98. The standard InChI is InChI=1S/C23H17NO/c1-3-4-8-16-14(2)25-22-13-21-19(12-18(16)22)23-17-9-6-5-7-15(17)10-11-20(23)24-21/h3-13,24H,1H2,2H3/b8-4-. The highest BCUT2D eigenvalue weighted by molar-refractivity contribution is 6.22. The van der Waals surface area contributed by atoms with Crippen molar-refractivity contribution in [1.82, 2.24) is 4.98 Å². The van der Waals surface area contributed by atoms with Gasteiger partial charge in [-0.3, -0.25) is 0 Å². The van der Waals surface area contributed by atoms with Crippen molar-refractivity contribution in [2.75, 3.05) is 0 Å². The Bertz CT molecular complexity index is 1310. The number of furan rings is 1. The van der Waals surface area contributed by atoms with Crippen LogP contribution in [-0.2, 0) is 0 Å². The van der Waals surface area contributed by atoms with E-state index in [4.69, 9.17) is 4.42 Å². The minimum Gasteiger partial charge on any atom is -0.461 e. The van der Waals surface area contributed by atoms with Crippen molar-refractivity contribution < 1.29 is 4.42 Å². The van der Waals surface area contributed by atoms with Crippen LogP contribution in [-0.4, -0.2) is 4.98 Å². The molecule has 120 valence electrons. The van der Waals surface area contributed by atoms with E-state index in [0.29, 0.717) is 0 Å². The average Bonchev–Trinajstić information content (AvgIpc) is 3.14. The quantitative estimate of drug-likeness (QED) is 0.359. The topological polar surface area (TPSA) is 28.9 Å². The molecule has 5 aromatic rings. The maximum atomic E-state index is 5.98. The van der Waals surface area contributed by atoms with Gasteiger partial charge < -0.3 is 9.40 Å². The first-order valence-electron chi connectivity index (χ1n) is 8.41. The van der Waals surface area contributed by atoms with Crippen molar-refractivity contribution >= 4 is 49.6 Å².